The molecule has 12 heavy (non-hydrogen) atoms. The second kappa shape index (κ2) is 3.49. The van der Waals surface area contributed by atoms with Crippen molar-refractivity contribution < 1.29 is 0 Å². The summed E-state index contributed by atoms with van der Waals surface area (Å²) in [5.41, 5.74) is 1.26. The smallest absolute Gasteiger partial charge is 0.0406 e. The van der Waals surface area contributed by atoms with Gasteiger partial charge in [0.05, 0.1) is 0 Å². The lowest BCUT2D eigenvalue weighted by atomic mass is 9.82. The van der Waals surface area contributed by atoms with Crippen LogP contribution in [-0.4, -0.2) is 0 Å². The lowest BCUT2D eigenvalue weighted by molar-refractivity contribution is 0.568. The predicted molar refractivity (Wildman–Crippen MR) is 54.5 cm³/mol. The van der Waals surface area contributed by atoms with E-state index in [0.717, 1.165) is 11.4 Å². The molecule has 0 aliphatic rings. The molecule has 0 aliphatic heterocycles. The van der Waals surface area contributed by atoms with Crippen LogP contribution in [0, 0.1) is 6.92 Å². The van der Waals surface area contributed by atoms with Crippen molar-refractivity contribution in [1.29, 1.82) is 0 Å². The predicted octanol–water partition coefficient (Wildman–Crippen LogP) is 3.84. The van der Waals surface area contributed by atoms with Gasteiger partial charge in [-0.15, -0.1) is 0 Å². The van der Waals surface area contributed by atoms with E-state index in [1.54, 1.807) is 0 Å². The maximum Gasteiger partial charge on any atom is 0.0406 e. The molecule has 0 amide bonds. The average molecular weight is 182 g/mol. The molecule has 0 fully saturated rings. The van der Waals surface area contributed by atoms with Crippen molar-refractivity contribution in [2.75, 3.05) is 0 Å². The maximum atomic E-state index is 5.78. The maximum absolute atomic E-state index is 5.78. The molecule has 1 heteroatoms. The van der Waals surface area contributed by atoms with Gasteiger partial charge >= 0.3 is 0 Å². The highest BCUT2D eigenvalue weighted by Crippen LogP contribution is 2.26. The van der Waals surface area contributed by atoms with Gasteiger partial charge < -0.3 is 0 Å². The third kappa shape index (κ3) is 2.01. The van der Waals surface area contributed by atoms with Crippen LogP contribution in [-0.2, 0) is 5.41 Å². The Morgan fingerprint density at radius 2 is 1.83 bits per heavy atom. The Balaban J connectivity index is 2.96. The van der Waals surface area contributed by atoms with Crippen molar-refractivity contribution in [2.45, 2.75) is 25.7 Å². The summed E-state index contributed by atoms with van der Waals surface area (Å²) in [4.78, 5) is 0. The summed E-state index contributed by atoms with van der Waals surface area (Å²) in [5, 5.41) is 0.783. The molecular formula is C11H14Cl. The van der Waals surface area contributed by atoms with Gasteiger partial charge in [-0.3, -0.25) is 0 Å². The van der Waals surface area contributed by atoms with Crippen molar-refractivity contribution >= 4 is 11.6 Å². The van der Waals surface area contributed by atoms with Gasteiger partial charge in [-0.1, -0.05) is 37.6 Å². The fourth-order valence-electron chi connectivity index (χ4n) is 1.06. The average Bonchev–Trinajstić information content (AvgIpc) is 2.05. The first kappa shape index (κ1) is 9.60. The molecule has 0 aliphatic carbocycles. The van der Waals surface area contributed by atoms with Crippen LogP contribution in [0.15, 0.2) is 24.3 Å². The molecule has 0 aromatic heterocycles. The van der Waals surface area contributed by atoms with Crippen LogP contribution in [0.4, 0.5) is 0 Å². The Bertz CT molecular complexity index is 246. The first-order valence-corrected chi connectivity index (χ1v) is 4.55. The molecule has 65 valence electrons. The second-order valence-electron chi connectivity index (χ2n) is 3.42. The summed E-state index contributed by atoms with van der Waals surface area (Å²) in [6.07, 6.45) is 1.04. The minimum atomic E-state index is 0.0184. The van der Waals surface area contributed by atoms with Crippen LogP contribution in [0.2, 0.25) is 5.02 Å². The van der Waals surface area contributed by atoms with Crippen molar-refractivity contribution in [3.63, 3.8) is 0 Å². The molecule has 0 nitrogen and oxygen atoms in total. The quantitative estimate of drug-likeness (QED) is 0.651. The highest BCUT2D eigenvalue weighted by molar-refractivity contribution is 6.30. The van der Waals surface area contributed by atoms with Gasteiger partial charge in [-0.25, -0.2) is 0 Å². The number of rotatable bonds is 2. The first-order chi connectivity index (χ1) is 5.56. The van der Waals surface area contributed by atoms with E-state index in [0.29, 0.717) is 0 Å². The van der Waals surface area contributed by atoms with E-state index in [4.69, 9.17) is 11.6 Å². The topological polar surface area (TPSA) is 0 Å². The lowest BCUT2D eigenvalue weighted by Crippen LogP contribution is -2.15. The van der Waals surface area contributed by atoms with Gasteiger partial charge in [-0.2, -0.15) is 0 Å². The van der Waals surface area contributed by atoms with E-state index in [-0.39, 0.29) is 5.41 Å². The zero-order chi connectivity index (χ0) is 9.19. The molecule has 0 N–H and O–H groups in total. The molecule has 1 aromatic rings. The Morgan fingerprint density at radius 3 is 2.25 bits per heavy atom. The Kier molecular flexibility index (Phi) is 2.79. The third-order valence-corrected chi connectivity index (χ3v) is 2.57. The summed E-state index contributed by atoms with van der Waals surface area (Å²) in [7, 11) is 0. The number of hydrogen-bond donors (Lipinski definition) is 0. The van der Waals surface area contributed by atoms with E-state index in [2.05, 4.69) is 20.8 Å². The SMILES string of the molecule is [CH2]C(C)(CC)c1ccc(Cl)cc1. The molecule has 1 atom stereocenters. The van der Waals surface area contributed by atoms with Crippen LogP contribution in [0.1, 0.15) is 25.8 Å². The second-order valence-corrected chi connectivity index (χ2v) is 3.86. The van der Waals surface area contributed by atoms with Gasteiger partial charge in [0, 0.05) is 5.02 Å². The minimum absolute atomic E-state index is 0.0184. The standard InChI is InChI=1S/C11H14Cl/c1-4-11(2,3)9-5-7-10(12)8-6-9/h5-8H,2,4H2,1,3H3. The van der Waals surface area contributed by atoms with Crippen molar-refractivity contribution in [3.8, 4) is 0 Å². The molecule has 0 heterocycles. The first-order valence-electron chi connectivity index (χ1n) is 4.17. The summed E-state index contributed by atoms with van der Waals surface area (Å²) in [6.45, 7) is 8.42. The number of hydrogen-bond acceptors (Lipinski definition) is 0. The van der Waals surface area contributed by atoms with Crippen LogP contribution < -0.4 is 0 Å². The number of halogens is 1. The van der Waals surface area contributed by atoms with Gasteiger partial charge in [0.2, 0.25) is 0 Å². The van der Waals surface area contributed by atoms with Crippen LogP contribution in [0.5, 0.6) is 0 Å². The fourth-order valence-corrected chi connectivity index (χ4v) is 1.18. The molecule has 0 spiro atoms. The third-order valence-electron chi connectivity index (χ3n) is 2.32. The molecule has 1 aromatic carbocycles. The van der Waals surface area contributed by atoms with Crippen LogP contribution in [0.3, 0.4) is 0 Å². The van der Waals surface area contributed by atoms with Crippen LogP contribution >= 0.6 is 11.6 Å². The van der Waals surface area contributed by atoms with E-state index >= 15 is 0 Å². The van der Waals surface area contributed by atoms with Crippen molar-refractivity contribution in [1.82, 2.24) is 0 Å². The number of benzene rings is 1. The summed E-state index contributed by atoms with van der Waals surface area (Å²) in [6, 6.07) is 7.91. The Morgan fingerprint density at radius 1 is 1.33 bits per heavy atom. The summed E-state index contributed by atoms with van der Waals surface area (Å²) < 4.78 is 0. The van der Waals surface area contributed by atoms with E-state index in [9.17, 15) is 0 Å². The van der Waals surface area contributed by atoms with Crippen molar-refractivity contribution in [3.05, 3.63) is 41.8 Å². The zero-order valence-corrected chi connectivity index (χ0v) is 8.36. The lowest BCUT2D eigenvalue weighted by Gasteiger charge is -2.22. The van der Waals surface area contributed by atoms with Crippen molar-refractivity contribution in [2.24, 2.45) is 0 Å². The zero-order valence-electron chi connectivity index (χ0n) is 7.60. The highest BCUT2D eigenvalue weighted by atomic mass is 35.5. The van der Waals surface area contributed by atoms with Gasteiger partial charge in [0.1, 0.15) is 0 Å². The largest absolute Gasteiger partial charge is 0.0843 e. The normalized spacial score (nSPS) is 11.7. The summed E-state index contributed by atoms with van der Waals surface area (Å²) in [5.74, 6) is 0. The van der Waals surface area contributed by atoms with Gasteiger partial charge in [0.25, 0.3) is 0 Å². The minimum Gasteiger partial charge on any atom is -0.0843 e. The molecule has 1 unspecified atom stereocenters. The monoisotopic (exact) mass is 181 g/mol. The van der Waals surface area contributed by atoms with E-state index < -0.39 is 0 Å². The van der Waals surface area contributed by atoms with E-state index in [1.165, 1.54) is 5.56 Å². The molecule has 0 bridgehead atoms. The van der Waals surface area contributed by atoms with Crippen LogP contribution in [0.25, 0.3) is 0 Å². The fraction of sp³-hybridized carbons (Fsp3) is 0.364. The molecule has 1 radical (unpaired) electrons. The van der Waals surface area contributed by atoms with Gasteiger partial charge in [0.15, 0.2) is 0 Å². The highest BCUT2D eigenvalue weighted by Gasteiger charge is 2.17. The Labute approximate surface area is 79.6 Å². The Hall–Kier alpha value is -0.490. The van der Waals surface area contributed by atoms with Gasteiger partial charge in [-0.05, 0) is 36.5 Å². The van der Waals surface area contributed by atoms with E-state index in [1.807, 2.05) is 24.3 Å². The molecule has 0 saturated heterocycles. The molecule has 1 rings (SSSR count). The summed E-state index contributed by atoms with van der Waals surface area (Å²) >= 11 is 5.78. The molecule has 0 saturated carbocycles. The molecular weight excluding hydrogens is 168 g/mol.